The van der Waals surface area contributed by atoms with E-state index in [2.05, 4.69) is 15.1 Å². The fourth-order valence-corrected chi connectivity index (χ4v) is 1.15. The molecule has 0 spiro atoms. The summed E-state index contributed by atoms with van der Waals surface area (Å²) in [6, 6.07) is 0. The van der Waals surface area contributed by atoms with Crippen LogP contribution in [0.2, 0.25) is 0 Å². The second-order valence-electron chi connectivity index (χ2n) is 3.02. The molecule has 0 amide bonds. The maximum Gasteiger partial charge on any atom is 0.162 e. The first-order chi connectivity index (χ1) is 6.79. The highest BCUT2D eigenvalue weighted by molar-refractivity contribution is 5.51. The van der Waals surface area contributed by atoms with Gasteiger partial charge >= 0.3 is 0 Å². The molecule has 0 aliphatic rings. The van der Waals surface area contributed by atoms with Crippen molar-refractivity contribution in [1.82, 2.24) is 19.7 Å². The molecule has 2 N–H and O–H groups in total. The zero-order valence-electron chi connectivity index (χ0n) is 7.88. The van der Waals surface area contributed by atoms with Gasteiger partial charge in [0.1, 0.15) is 0 Å². The predicted molar refractivity (Wildman–Crippen MR) is 52.1 cm³/mol. The van der Waals surface area contributed by atoms with Gasteiger partial charge in [0, 0.05) is 37.7 Å². The molecule has 2 heterocycles. The molecule has 0 aliphatic carbocycles. The number of hydrogen-bond acceptors (Lipinski definition) is 4. The Morgan fingerprint density at radius 1 is 1.29 bits per heavy atom. The molecule has 72 valence electrons. The third kappa shape index (κ3) is 1.62. The topological polar surface area (TPSA) is 69.6 Å². The molecule has 0 saturated heterocycles. The first-order valence-electron chi connectivity index (χ1n) is 4.29. The maximum atomic E-state index is 5.45. The first kappa shape index (κ1) is 8.83. The molecule has 0 atom stereocenters. The Balaban J connectivity index is 2.33. The van der Waals surface area contributed by atoms with Gasteiger partial charge in [0.25, 0.3) is 0 Å². The van der Waals surface area contributed by atoms with Gasteiger partial charge < -0.3 is 5.73 Å². The van der Waals surface area contributed by atoms with Crippen molar-refractivity contribution < 1.29 is 0 Å². The van der Waals surface area contributed by atoms with Crippen LogP contribution in [0.3, 0.4) is 0 Å². The van der Waals surface area contributed by atoms with E-state index < -0.39 is 0 Å². The summed E-state index contributed by atoms with van der Waals surface area (Å²) in [4.78, 5) is 8.38. The molecule has 5 nitrogen and oxygen atoms in total. The minimum absolute atomic E-state index is 0.466. The van der Waals surface area contributed by atoms with E-state index in [-0.39, 0.29) is 0 Å². The Morgan fingerprint density at radius 2 is 2.00 bits per heavy atom. The lowest BCUT2D eigenvalue weighted by Gasteiger charge is -1.97. The number of rotatable bonds is 2. The number of aromatic nitrogens is 4. The van der Waals surface area contributed by atoms with Crippen LogP contribution in [-0.4, -0.2) is 19.7 Å². The van der Waals surface area contributed by atoms with Gasteiger partial charge in [-0.05, 0) is 0 Å². The average molecular weight is 189 g/mol. The molecule has 2 aromatic heterocycles. The summed E-state index contributed by atoms with van der Waals surface area (Å²) in [5.41, 5.74) is 7.29. The number of aryl methyl sites for hydroxylation is 1. The van der Waals surface area contributed by atoms with Crippen molar-refractivity contribution in [1.29, 1.82) is 0 Å². The second-order valence-corrected chi connectivity index (χ2v) is 3.02. The highest BCUT2D eigenvalue weighted by Crippen LogP contribution is 2.11. The smallest absolute Gasteiger partial charge is 0.162 e. The molecular weight excluding hydrogens is 178 g/mol. The maximum absolute atomic E-state index is 5.45. The lowest BCUT2D eigenvalue weighted by molar-refractivity contribution is 0.768. The van der Waals surface area contributed by atoms with Gasteiger partial charge in [-0.1, -0.05) is 0 Å². The largest absolute Gasteiger partial charge is 0.326 e. The van der Waals surface area contributed by atoms with Crippen LogP contribution < -0.4 is 5.73 Å². The molecule has 0 fully saturated rings. The second kappa shape index (κ2) is 3.55. The Kier molecular flexibility index (Phi) is 2.24. The summed E-state index contributed by atoms with van der Waals surface area (Å²) in [6.07, 6.45) is 7.07. The molecule has 5 heteroatoms. The molecule has 14 heavy (non-hydrogen) atoms. The fourth-order valence-electron chi connectivity index (χ4n) is 1.15. The number of hydrogen-bond donors (Lipinski definition) is 1. The van der Waals surface area contributed by atoms with Crippen molar-refractivity contribution in [3.63, 3.8) is 0 Å². The summed E-state index contributed by atoms with van der Waals surface area (Å²) >= 11 is 0. The summed E-state index contributed by atoms with van der Waals surface area (Å²) in [5.74, 6) is 0.676. The minimum atomic E-state index is 0.466. The number of nitrogens with two attached hydrogens (primary N) is 1. The van der Waals surface area contributed by atoms with Gasteiger partial charge in [0.2, 0.25) is 0 Å². The van der Waals surface area contributed by atoms with Crippen LogP contribution in [0.4, 0.5) is 0 Å². The zero-order valence-corrected chi connectivity index (χ0v) is 7.88. The van der Waals surface area contributed by atoms with Crippen LogP contribution in [0.5, 0.6) is 0 Å². The van der Waals surface area contributed by atoms with Gasteiger partial charge in [-0.3, -0.25) is 4.68 Å². The molecule has 0 radical (unpaired) electrons. The molecular formula is C9H11N5. The third-order valence-corrected chi connectivity index (χ3v) is 1.90. The molecule has 0 aliphatic heterocycles. The van der Waals surface area contributed by atoms with E-state index in [0.717, 1.165) is 11.1 Å². The van der Waals surface area contributed by atoms with E-state index in [0.29, 0.717) is 12.4 Å². The summed E-state index contributed by atoms with van der Waals surface area (Å²) in [6.45, 7) is 0.466. The molecule has 0 bridgehead atoms. The lowest BCUT2D eigenvalue weighted by atomic mass is 10.3. The van der Waals surface area contributed by atoms with Crippen molar-refractivity contribution >= 4 is 0 Å². The van der Waals surface area contributed by atoms with Crippen molar-refractivity contribution in [2.45, 2.75) is 6.54 Å². The molecule has 0 saturated carbocycles. The summed E-state index contributed by atoms with van der Waals surface area (Å²) in [5, 5.41) is 4.05. The quantitative estimate of drug-likeness (QED) is 0.739. The van der Waals surface area contributed by atoms with Crippen LogP contribution in [0, 0.1) is 0 Å². The van der Waals surface area contributed by atoms with Crippen LogP contribution >= 0.6 is 0 Å². The van der Waals surface area contributed by atoms with Crippen LogP contribution in [0.15, 0.2) is 24.8 Å². The molecule has 0 aromatic carbocycles. The van der Waals surface area contributed by atoms with Crippen LogP contribution in [0.25, 0.3) is 11.4 Å². The summed E-state index contributed by atoms with van der Waals surface area (Å²) in [7, 11) is 1.86. The lowest BCUT2D eigenvalue weighted by Crippen LogP contribution is -1.98. The Bertz CT molecular complexity index is 417. The molecule has 2 aromatic rings. The van der Waals surface area contributed by atoms with E-state index >= 15 is 0 Å². The molecule has 0 unspecified atom stereocenters. The van der Waals surface area contributed by atoms with Crippen molar-refractivity contribution in [3.05, 3.63) is 30.4 Å². The van der Waals surface area contributed by atoms with Crippen molar-refractivity contribution in [2.24, 2.45) is 12.8 Å². The monoisotopic (exact) mass is 189 g/mol. The fraction of sp³-hybridized carbons (Fsp3) is 0.222. The van der Waals surface area contributed by atoms with Crippen LogP contribution in [0.1, 0.15) is 5.56 Å². The van der Waals surface area contributed by atoms with E-state index in [4.69, 9.17) is 5.73 Å². The first-order valence-corrected chi connectivity index (χ1v) is 4.29. The van der Waals surface area contributed by atoms with Crippen molar-refractivity contribution in [2.75, 3.05) is 0 Å². The van der Waals surface area contributed by atoms with E-state index in [1.807, 2.05) is 13.2 Å². The SMILES string of the molecule is Cn1cc(-c2ncc(CN)cn2)cn1. The van der Waals surface area contributed by atoms with E-state index in [1.54, 1.807) is 23.3 Å². The van der Waals surface area contributed by atoms with Gasteiger partial charge in [0.05, 0.1) is 11.8 Å². The van der Waals surface area contributed by atoms with Gasteiger partial charge in [0.15, 0.2) is 5.82 Å². The van der Waals surface area contributed by atoms with Crippen molar-refractivity contribution in [3.8, 4) is 11.4 Å². The highest BCUT2D eigenvalue weighted by Gasteiger charge is 2.02. The van der Waals surface area contributed by atoms with Crippen LogP contribution in [-0.2, 0) is 13.6 Å². The van der Waals surface area contributed by atoms with E-state index in [1.165, 1.54) is 0 Å². The Hall–Kier alpha value is -1.75. The Labute approximate surface area is 81.6 Å². The minimum Gasteiger partial charge on any atom is -0.326 e. The standard InChI is InChI=1S/C9H11N5/c1-14-6-8(5-13-14)9-11-3-7(2-10)4-12-9/h3-6H,2,10H2,1H3. The van der Waals surface area contributed by atoms with Gasteiger partial charge in [-0.15, -0.1) is 0 Å². The zero-order chi connectivity index (χ0) is 9.97. The van der Waals surface area contributed by atoms with E-state index in [9.17, 15) is 0 Å². The number of nitrogens with zero attached hydrogens (tertiary/aromatic N) is 4. The predicted octanol–water partition coefficient (Wildman–Crippen LogP) is 0.336. The highest BCUT2D eigenvalue weighted by atomic mass is 15.2. The average Bonchev–Trinajstić information content (AvgIpc) is 2.65. The molecule has 2 rings (SSSR count). The van der Waals surface area contributed by atoms with Gasteiger partial charge in [-0.2, -0.15) is 5.10 Å². The Morgan fingerprint density at radius 3 is 2.50 bits per heavy atom. The summed E-state index contributed by atoms with van der Waals surface area (Å²) < 4.78 is 1.72. The third-order valence-electron chi connectivity index (χ3n) is 1.90. The van der Waals surface area contributed by atoms with Gasteiger partial charge in [-0.25, -0.2) is 9.97 Å². The normalized spacial score (nSPS) is 10.4.